The van der Waals surface area contributed by atoms with Crippen molar-refractivity contribution < 1.29 is 13.2 Å². The van der Waals surface area contributed by atoms with Crippen molar-refractivity contribution in [2.75, 3.05) is 10.5 Å². The molecule has 132 valence electrons. The summed E-state index contributed by atoms with van der Waals surface area (Å²) in [5.74, 6) is 0.411. The number of rotatable bonds is 4. The minimum atomic E-state index is -3.68. The lowest BCUT2D eigenvalue weighted by atomic mass is 10.1. The zero-order valence-electron chi connectivity index (χ0n) is 14.3. The SMILES string of the molecule is Cc1cc(C)c(S(=O)(=O)Nc2cccc(C3NC(=O)CS3)c2)cc1C. The van der Waals surface area contributed by atoms with E-state index in [1.165, 1.54) is 11.8 Å². The van der Waals surface area contributed by atoms with Crippen LogP contribution in [0.4, 0.5) is 5.69 Å². The summed E-state index contributed by atoms with van der Waals surface area (Å²) in [5, 5.41) is 2.72. The molecule has 1 aliphatic rings. The second-order valence-corrected chi connectivity index (χ2v) is 8.94. The van der Waals surface area contributed by atoms with Crippen molar-refractivity contribution in [1.82, 2.24) is 5.32 Å². The lowest BCUT2D eigenvalue weighted by molar-refractivity contribution is -0.118. The van der Waals surface area contributed by atoms with E-state index < -0.39 is 10.0 Å². The van der Waals surface area contributed by atoms with Crippen molar-refractivity contribution >= 4 is 33.4 Å². The van der Waals surface area contributed by atoms with Crippen LogP contribution in [-0.4, -0.2) is 20.1 Å². The summed E-state index contributed by atoms with van der Waals surface area (Å²) in [5.41, 5.74) is 4.06. The van der Waals surface area contributed by atoms with Crippen LogP contribution in [0.15, 0.2) is 41.3 Å². The normalized spacial score (nSPS) is 17.4. The highest BCUT2D eigenvalue weighted by atomic mass is 32.2. The van der Waals surface area contributed by atoms with E-state index in [9.17, 15) is 13.2 Å². The molecule has 5 nitrogen and oxygen atoms in total. The number of anilines is 1. The molecule has 7 heteroatoms. The Morgan fingerprint density at radius 3 is 2.48 bits per heavy atom. The zero-order chi connectivity index (χ0) is 18.2. The van der Waals surface area contributed by atoms with E-state index in [4.69, 9.17) is 0 Å². The van der Waals surface area contributed by atoms with Gasteiger partial charge in [-0.05, 0) is 61.2 Å². The van der Waals surface area contributed by atoms with E-state index in [1.54, 1.807) is 31.2 Å². The third-order valence-electron chi connectivity index (χ3n) is 4.20. The molecule has 2 aromatic rings. The van der Waals surface area contributed by atoms with Gasteiger partial charge in [0.2, 0.25) is 5.91 Å². The van der Waals surface area contributed by atoms with Gasteiger partial charge in [-0.3, -0.25) is 9.52 Å². The lowest BCUT2D eigenvalue weighted by Crippen LogP contribution is -2.19. The maximum absolute atomic E-state index is 12.8. The number of carbonyl (C=O) groups is 1. The van der Waals surface area contributed by atoms with Gasteiger partial charge in [-0.25, -0.2) is 8.42 Å². The van der Waals surface area contributed by atoms with Crippen molar-refractivity contribution in [1.29, 1.82) is 0 Å². The molecule has 1 aliphatic heterocycles. The first-order valence-electron chi connectivity index (χ1n) is 7.88. The molecule has 0 bridgehead atoms. The average molecular weight is 377 g/mol. The van der Waals surface area contributed by atoms with Gasteiger partial charge in [-0.15, -0.1) is 11.8 Å². The van der Waals surface area contributed by atoms with Crippen LogP contribution in [0.25, 0.3) is 0 Å². The maximum Gasteiger partial charge on any atom is 0.262 e. The van der Waals surface area contributed by atoms with Crippen molar-refractivity contribution in [3.63, 3.8) is 0 Å². The Kier molecular flexibility index (Phi) is 4.79. The molecule has 0 spiro atoms. The van der Waals surface area contributed by atoms with Crippen LogP contribution in [0.5, 0.6) is 0 Å². The van der Waals surface area contributed by atoms with Crippen molar-refractivity contribution in [3.8, 4) is 0 Å². The molecule has 2 aromatic carbocycles. The second-order valence-electron chi connectivity index (χ2n) is 6.19. The van der Waals surface area contributed by atoms with Gasteiger partial charge in [0, 0.05) is 5.69 Å². The third kappa shape index (κ3) is 3.82. The van der Waals surface area contributed by atoms with Crippen LogP contribution < -0.4 is 10.0 Å². The van der Waals surface area contributed by atoms with E-state index in [-0.39, 0.29) is 16.2 Å². The molecule has 1 atom stereocenters. The van der Waals surface area contributed by atoms with Gasteiger partial charge in [-0.2, -0.15) is 0 Å². The van der Waals surface area contributed by atoms with Crippen LogP contribution >= 0.6 is 11.8 Å². The number of hydrogen-bond donors (Lipinski definition) is 2. The Morgan fingerprint density at radius 1 is 1.08 bits per heavy atom. The second kappa shape index (κ2) is 6.72. The molecule has 1 heterocycles. The molecule has 1 amide bonds. The Bertz CT molecular complexity index is 939. The quantitative estimate of drug-likeness (QED) is 0.859. The Hall–Kier alpha value is -1.99. The first kappa shape index (κ1) is 17.8. The summed E-state index contributed by atoms with van der Waals surface area (Å²) in [6.45, 7) is 5.65. The largest absolute Gasteiger partial charge is 0.339 e. The smallest absolute Gasteiger partial charge is 0.262 e. The number of nitrogens with one attached hydrogen (secondary N) is 2. The highest BCUT2D eigenvalue weighted by Gasteiger charge is 2.24. The minimum absolute atomic E-state index is 0.00765. The summed E-state index contributed by atoms with van der Waals surface area (Å²) in [7, 11) is -3.68. The highest BCUT2D eigenvalue weighted by molar-refractivity contribution is 8.00. The van der Waals surface area contributed by atoms with E-state index in [1.807, 2.05) is 26.0 Å². The van der Waals surface area contributed by atoms with Crippen LogP contribution in [0, 0.1) is 20.8 Å². The third-order valence-corrected chi connectivity index (χ3v) is 6.87. The first-order chi connectivity index (χ1) is 11.8. The van der Waals surface area contributed by atoms with E-state index >= 15 is 0 Å². The van der Waals surface area contributed by atoms with Gasteiger partial charge in [0.05, 0.1) is 10.6 Å². The van der Waals surface area contributed by atoms with Gasteiger partial charge in [0.1, 0.15) is 5.37 Å². The summed E-state index contributed by atoms with van der Waals surface area (Å²) in [6.07, 6.45) is 0. The van der Waals surface area contributed by atoms with Crippen LogP contribution in [-0.2, 0) is 14.8 Å². The molecular formula is C18H20N2O3S2. The van der Waals surface area contributed by atoms with Gasteiger partial charge in [0.25, 0.3) is 10.0 Å². The summed E-state index contributed by atoms with van der Waals surface area (Å²) in [4.78, 5) is 11.7. The predicted molar refractivity (Wildman–Crippen MR) is 101 cm³/mol. The molecule has 0 aliphatic carbocycles. The fourth-order valence-electron chi connectivity index (χ4n) is 2.77. The van der Waals surface area contributed by atoms with Crippen molar-refractivity contribution in [2.24, 2.45) is 0 Å². The number of sulfonamides is 1. The predicted octanol–water partition coefficient (Wildman–Crippen LogP) is 3.27. The Labute approximate surface area is 152 Å². The molecule has 0 saturated carbocycles. The van der Waals surface area contributed by atoms with E-state index in [2.05, 4.69) is 10.0 Å². The van der Waals surface area contributed by atoms with Gasteiger partial charge in [0.15, 0.2) is 0 Å². The fraction of sp³-hybridized carbons (Fsp3) is 0.278. The maximum atomic E-state index is 12.8. The number of hydrogen-bond acceptors (Lipinski definition) is 4. The lowest BCUT2D eigenvalue weighted by Gasteiger charge is -2.15. The number of benzene rings is 2. The zero-order valence-corrected chi connectivity index (χ0v) is 15.9. The topological polar surface area (TPSA) is 75.3 Å². The van der Waals surface area contributed by atoms with Crippen LogP contribution in [0.1, 0.15) is 27.6 Å². The molecule has 25 heavy (non-hydrogen) atoms. The molecule has 0 aromatic heterocycles. The number of carbonyl (C=O) groups excluding carboxylic acids is 1. The van der Waals surface area contributed by atoms with Crippen molar-refractivity contribution in [2.45, 2.75) is 31.0 Å². The summed E-state index contributed by atoms with van der Waals surface area (Å²) in [6, 6.07) is 10.7. The molecule has 1 unspecified atom stereocenters. The van der Waals surface area contributed by atoms with Gasteiger partial charge >= 0.3 is 0 Å². The number of amides is 1. The van der Waals surface area contributed by atoms with E-state index in [0.717, 1.165) is 16.7 Å². The molecule has 1 fully saturated rings. The Morgan fingerprint density at radius 2 is 1.80 bits per heavy atom. The molecule has 0 radical (unpaired) electrons. The molecule has 2 N–H and O–H groups in total. The average Bonchev–Trinajstić information content (AvgIpc) is 2.97. The monoisotopic (exact) mass is 376 g/mol. The Balaban J connectivity index is 1.89. The van der Waals surface area contributed by atoms with Crippen LogP contribution in [0.2, 0.25) is 0 Å². The first-order valence-corrected chi connectivity index (χ1v) is 10.4. The molecular weight excluding hydrogens is 356 g/mol. The summed E-state index contributed by atoms with van der Waals surface area (Å²) < 4.78 is 28.2. The number of aryl methyl sites for hydroxylation is 3. The summed E-state index contributed by atoms with van der Waals surface area (Å²) >= 11 is 1.49. The van der Waals surface area contributed by atoms with Gasteiger partial charge < -0.3 is 5.32 Å². The molecule has 3 rings (SSSR count). The van der Waals surface area contributed by atoms with Crippen molar-refractivity contribution in [3.05, 3.63) is 58.7 Å². The fourth-order valence-corrected chi connectivity index (χ4v) is 5.08. The molecule has 1 saturated heterocycles. The highest BCUT2D eigenvalue weighted by Crippen LogP contribution is 2.32. The number of thioether (sulfide) groups is 1. The standard InChI is InChI=1S/C18H20N2O3S2/c1-11-7-13(3)16(8-12(11)2)25(22,23)20-15-6-4-5-14(9-15)18-19-17(21)10-24-18/h4-9,18,20H,10H2,1-3H3,(H,19,21). The van der Waals surface area contributed by atoms with Gasteiger partial charge in [-0.1, -0.05) is 18.2 Å². The van der Waals surface area contributed by atoms with E-state index in [0.29, 0.717) is 17.0 Å². The van der Waals surface area contributed by atoms with Crippen LogP contribution in [0.3, 0.4) is 0 Å². The minimum Gasteiger partial charge on any atom is -0.339 e.